The molecule has 0 bridgehead atoms. The molecule has 31 heavy (non-hydrogen) atoms. The number of hydrogen-bond acceptors (Lipinski definition) is 6. The molecule has 0 saturated carbocycles. The van der Waals surface area contributed by atoms with Gasteiger partial charge in [0, 0.05) is 16.6 Å². The molecule has 162 valence electrons. The van der Waals surface area contributed by atoms with Gasteiger partial charge < -0.3 is 14.5 Å². The summed E-state index contributed by atoms with van der Waals surface area (Å²) in [6.45, 7) is 1.46. The molecule has 3 aromatic rings. The number of carbonyl (C=O) groups excluding carboxylic acids is 2. The molecule has 1 aliphatic carbocycles. The van der Waals surface area contributed by atoms with Crippen molar-refractivity contribution in [1.82, 2.24) is 0 Å². The zero-order chi connectivity index (χ0) is 22.2. The number of hydrogen-bond donors (Lipinski definition) is 2. The van der Waals surface area contributed by atoms with Crippen molar-refractivity contribution in [3.63, 3.8) is 0 Å². The van der Waals surface area contributed by atoms with E-state index in [9.17, 15) is 18.0 Å². The minimum absolute atomic E-state index is 0.00748. The number of anilines is 1. The Morgan fingerprint density at radius 3 is 2.52 bits per heavy atom. The van der Waals surface area contributed by atoms with Crippen LogP contribution in [0.25, 0.3) is 11.0 Å². The van der Waals surface area contributed by atoms with Gasteiger partial charge in [-0.25, -0.2) is 13.6 Å². The van der Waals surface area contributed by atoms with Crippen LogP contribution >= 0.6 is 0 Å². The van der Waals surface area contributed by atoms with Gasteiger partial charge in [0.15, 0.2) is 6.10 Å². The Labute approximate surface area is 179 Å². The first kappa shape index (κ1) is 21.1. The lowest BCUT2D eigenvalue weighted by Gasteiger charge is -2.13. The van der Waals surface area contributed by atoms with Crippen LogP contribution in [0, 0.1) is 0 Å². The lowest BCUT2D eigenvalue weighted by atomic mass is 10.0. The molecule has 8 nitrogen and oxygen atoms in total. The highest BCUT2D eigenvalue weighted by atomic mass is 32.2. The van der Waals surface area contributed by atoms with Crippen molar-refractivity contribution >= 4 is 38.6 Å². The number of fused-ring (bicyclic) bond motifs is 2. The molecular weight excluding hydrogens is 420 g/mol. The predicted molar refractivity (Wildman–Crippen MR) is 114 cm³/mol. The first-order valence-corrected chi connectivity index (χ1v) is 11.4. The van der Waals surface area contributed by atoms with Crippen LogP contribution < -0.4 is 10.5 Å². The first-order chi connectivity index (χ1) is 14.7. The van der Waals surface area contributed by atoms with Crippen LogP contribution in [0.1, 0.15) is 30.0 Å². The van der Waals surface area contributed by atoms with E-state index in [4.69, 9.17) is 14.3 Å². The molecule has 1 aliphatic rings. The zero-order valence-corrected chi connectivity index (χ0v) is 17.7. The molecule has 0 radical (unpaired) electrons. The predicted octanol–water partition coefficient (Wildman–Crippen LogP) is 2.68. The largest absolute Gasteiger partial charge is 0.464 e. The summed E-state index contributed by atoms with van der Waals surface area (Å²) in [6.07, 6.45) is 3.70. The van der Waals surface area contributed by atoms with Crippen LogP contribution in [0.15, 0.2) is 52.0 Å². The van der Waals surface area contributed by atoms with E-state index in [2.05, 4.69) is 11.4 Å². The van der Waals surface area contributed by atoms with Crippen molar-refractivity contribution in [2.24, 2.45) is 5.14 Å². The van der Waals surface area contributed by atoms with Crippen molar-refractivity contribution in [2.45, 2.75) is 43.6 Å². The average Bonchev–Trinajstić information content (AvgIpc) is 3.32. The molecule has 1 atom stereocenters. The minimum Gasteiger partial charge on any atom is -0.464 e. The second kappa shape index (κ2) is 8.16. The number of nitrogens with one attached hydrogen (secondary N) is 1. The van der Waals surface area contributed by atoms with Gasteiger partial charge in [-0.05, 0) is 73.7 Å². The molecule has 3 N–H and O–H groups in total. The number of amides is 1. The molecule has 1 aromatic heterocycles. The topological polar surface area (TPSA) is 129 Å². The molecule has 9 heteroatoms. The first-order valence-electron chi connectivity index (χ1n) is 9.86. The fourth-order valence-electron chi connectivity index (χ4n) is 3.70. The van der Waals surface area contributed by atoms with Gasteiger partial charge in [0.05, 0.1) is 17.6 Å². The molecule has 0 spiro atoms. The Morgan fingerprint density at radius 1 is 1.16 bits per heavy atom. The lowest BCUT2D eigenvalue weighted by molar-refractivity contribution is -0.152. The van der Waals surface area contributed by atoms with E-state index in [1.807, 2.05) is 6.07 Å². The average molecular weight is 442 g/mol. The highest BCUT2D eigenvalue weighted by Gasteiger charge is 2.21. The van der Waals surface area contributed by atoms with Crippen LogP contribution in [-0.2, 0) is 43.6 Å². The smallest absolute Gasteiger partial charge is 0.311 e. The number of primary sulfonamides is 1. The fourth-order valence-corrected chi connectivity index (χ4v) is 4.22. The normalized spacial score (nSPS) is 14.3. The van der Waals surface area contributed by atoms with Crippen LogP contribution in [-0.4, -0.2) is 26.4 Å². The van der Waals surface area contributed by atoms with Gasteiger partial charge in [-0.2, -0.15) is 0 Å². The maximum atomic E-state index is 12.4. The van der Waals surface area contributed by atoms with E-state index in [0.717, 1.165) is 35.8 Å². The third kappa shape index (κ3) is 4.62. The van der Waals surface area contributed by atoms with Crippen LogP contribution in [0.2, 0.25) is 0 Å². The van der Waals surface area contributed by atoms with Gasteiger partial charge in [0.25, 0.3) is 5.91 Å². The van der Waals surface area contributed by atoms with E-state index >= 15 is 0 Å². The zero-order valence-electron chi connectivity index (χ0n) is 16.9. The molecule has 1 unspecified atom stereocenters. The van der Waals surface area contributed by atoms with E-state index in [1.54, 1.807) is 6.26 Å². The highest BCUT2D eigenvalue weighted by Crippen LogP contribution is 2.30. The Bertz CT molecular complexity index is 1260. The van der Waals surface area contributed by atoms with Gasteiger partial charge in [-0.15, -0.1) is 0 Å². The van der Waals surface area contributed by atoms with Gasteiger partial charge in [-0.1, -0.05) is 0 Å². The van der Waals surface area contributed by atoms with Crippen molar-refractivity contribution in [2.75, 3.05) is 5.32 Å². The highest BCUT2D eigenvalue weighted by molar-refractivity contribution is 7.89. The number of furan rings is 1. The number of nitrogens with two attached hydrogens (primary N) is 1. The summed E-state index contributed by atoms with van der Waals surface area (Å²) >= 11 is 0. The number of aryl methyl sites for hydroxylation is 2. The van der Waals surface area contributed by atoms with E-state index in [-0.39, 0.29) is 11.3 Å². The van der Waals surface area contributed by atoms with Gasteiger partial charge in [0.1, 0.15) is 5.58 Å². The minimum atomic E-state index is -3.81. The van der Waals surface area contributed by atoms with Gasteiger partial charge in [0.2, 0.25) is 10.0 Å². The van der Waals surface area contributed by atoms with E-state index in [1.165, 1.54) is 42.3 Å². The third-order valence-electron chi connectivity index (χ3n) is 5.33. The van der Waals surface area contributed by atoms with Crippen LogP contribution in [0.5, 0.6) is 0 Å². The second-order valence-corrected chi connectivity index (χ2v) is 9.16. The maximum Gasteiger partial charge on any atom is 0.311 e. The summed E-state index contributed by atoms with van der Waals surface area (Å²) in [5.41, 5.74) is 4.40. The second-order valence-electron chi connectivity index (χ2n) is 7.60. The maximum absolute atomic E-state index is 12.4. The number of benzene rings is 2. The fraction of sp³-hybridized carbons (Fsp3) is 0.273. The summed E-state index contributed by atoms with van der Waals surface area (Å²) < 4.78 is 33.4. The van der Waals surface area contributed by atoms with Crippen molar-refractivity contribution in [3.05, 3.63) is 59.4 Å². The number of carbonyl (C=O) groups is 2. The molecule has 0 fully saturated rings. The molecule has 1 amide bonds. The van der Waals surface area contributed by atoms with E-state index < -0.39 is 28.0 Å². The monoisotopic (exact) mass is 442 g/mol. The van der Waals surface area contributed by atoms with Crippen molar-refractivity contribution in [3.8, 4) is 0 Å². The number of rotatable bonds is 6. The van der Waals surface area contributed by atoms with Crippen LogP contribution in [0.3, 0.4) is 0 Å². The summed E-state index contributed by atoms with van der Waals surface area (Å²) in [5, 5.41) is 8.51. The molecular formula is C22H22N2O6S. The number of sulfonamides is 1. The van der Waals surface area contributed by atoms with Crippen molar-refractivity contribution in [1.29, 1.82) is 0 Å². The summed E-state index contributed by atoms with van der Waals surface area (Å²) in [7, 11) is -3.81. The Balaban J connectivity index is 1.37. The Morgan fingerprint density at radius 2 is 1.84 bits per heavy atom. The molecule has 0 saturated heterocycles. The Hall–Kier alpha value is -3.17. The van der Waals surface area contributed by atoms with Crippen LogP contribution in [0.4, 0.5) is 5.69 Å². The quantitative estimate of drug-likeness (QED) is 0.565. The molecule has 0 aliphatic heterocycles. The molecule has 1 heterocycles. The molecule has 2 aromatic carbocycles. The third-order valence-corrected chi connectivity index (χ3v) is 6.26. The summed E-state index contributed by atoms with van der Waals surface area (Å²) in [4.78, 5) is 24.6. The van der Waals surface area contributed by atoms with Gasteiger partial charge in [-0.3, -0.25) is 9.59 Å². The SMILES string of the molecule is CC(OC(=O)Cc1coc2cc3c(cc12)CCC3)C(=O)Nc1ccc(S(N)(=O)=O)cc1. The standard InChI is InChI=1S/C22H22N2O6S/c1-13(22(26)24-17-5-7-18(8-6-17)31(23,27)28)30-21(25)11-16-12-29-20-10-15-4-2-3-14(15)9-19(16)20/h5-10,12-13H,2-4,11H2,1H3,(H,24,26)(H2,23,27,28). The Kier molecular flexibility index (Phi) is 5.55. The molecule has 4 rings (SSSR count). The lowest BCUT2D eigenvalue weighted by Crippen LogP contribution is -2.30. The van der Waals surface area contributed by atoms with Gasteiger partial charge >= 0.3 is 5.97 Å². The van der Waals surface area contributed by atoms with Crippen molar-refractivity contribution < 1.29 is 27.2 Å². The number of ether oxygens (including phenoxy) is 1. The van der Waals surface area contributed by atoms with E-state index in [0.29, 0.717) is 5.69 Å². The summed E-state index contributed by atoms with van der Waals surface area (Å²) in [5.74, 6) is -1.08. The number of esters is 1. The summed E-state index contributed by atoms with van der Waals surface area (Å²) in [6, 6.07) is 9.48.